The summed E-state index contributed by atoms with van der Waals surface area (Å²) in [6, 6.07) is -1.23. The number of allylic oxidation sites excluding steroid dienone is 1. The van der Waals surface area contributed by atoms with Gasteiger partial charge in [-0.2, -0.15) is 0 Å². The largest absolute Gasteiger partial charge is 0.472 e. The summed E-state index contributed by atoms with van der Waals surface area (Å²) in [4.78, 5) is 23.3. The van der Waals surface area contributed by atoms with Crippen LogP contribution in [0.1, 0.15) is 200 Å². The Morgan fingerprint density at radius 3 is 1.41 bits per heavy atom. The van der Waals surface area contributed by atoms with Crippen molar-refractivity contribution in [3.8, 4) is 0 Å². The van der Waals surface area contributed by atoms with E-state index in [9.17, 15) is 50.0 Å². The first-order valence-corrected chi connectivity index (χ1v) is 24.7. The number of hydrogen-bond acceptors (Lipinski definition) is 11. The second-order valence-corrected chi connectivity index (χ2v) is 18.2. The lowest BCUT2D eigenvalue weighted by Crippen LogP contribution is -2.64. The third kappa shape index (κ3) is 26.4. The molecule has 0 heterocycles. The van der Waals surface area contributed by atoms with Crippen LogP contribution in [0.3, 0.4) is 0 Å². The lowest BCUT2D eigenvalue weighted by Gasteiger charge is -2.41. The van der Waals surface area contributed by atoms with Gasteiger partial charge in [0.25, 0.3) is 0 Å². The molecule has 1 saturated carbocycles. The molecule has 1 fully saturated rings. The van der Waals surface area contributed by atoms with Crippen molar-refractivity contribution in [2.24, 2.45) is 0 Å². The molecule has 14 heteroatoms. The number of unbranched alkanes of at least 4 members (excludes halogenated alkanes) is 25. The van der Waals surface area contributed by atoms with Gasteiger partial charge in [0, 0.05) is 0 Å². The zero-order valence-electron chi connectivity index (χ0n) is 36.2. The molecule has 8 unspecified atom stereocenters. The van der Waals surface area contributed by atoms with E-state index in [4.69, 9.17) is 9.05 Å². The standard InChI is InChI=1S/C44H86NO12P/c1-3-5-7-9-11-12-13-14-15-16-17-18-19-20-21-22-23-24-26-28-30-32-37(47)36(45-38(48)33-35(46)31-29-27-25-10-8-6-4-2)34-56-58(54,55)57-44-42(52)40(50)39(49)41(51)43(44)53/h30,32,35-37,39-44,46-47,49-53H,3-29,31,33-34H2,1-2H3,(H,45,48)(H,54,55)/b32-30+. The summed E-state index contributed by atoms with van der Waals surface area (Å²) < 4.78 is 22.8. The zero-order chi connectivity index (χ0) is 43.0. The Hall–Kier alpha value is -0.960. The normalized spacial score (nSPS) is 23.8. The number of phosphoric acid groups is 1. The van der Waals surface area contributed by atoms with Gasteiger partial charge in [-0.05, 0) is 19.3 Å². The summed E-state index contributed by atoms with van der Waals surface area (Å²) in [7, 11) is -5.13. The van der Waals surface area contributed by atoms with E-state index in [1.807, 2.05) is 0 Å². The van der Waals surface area contributed by atoms with E-state index >= 15 is 0 Å². The Morgan fingerprint density at radius 2 is 0.983 bits per heavy atom. The van der Waals surface area contributed by atoms with Crippen LogP contribution in [0.25, 0.3) is 0 Å². The number of carbonyl (C=O) groups excluding carboxylic acids is 1. The highest BCUT2D eigenvalue weighted by molar-refractivity contribution is 7.47. The number of phosphoric ester groups is 1. The van der Waals surface area contributed by atoms with Crippen LogP contribution in [0, 0.1) is 0 Å². The Kier molecular flexibility index (Phi) is 32.9. The molecule has 0 bridgehead atoms. The van der Waals surface area contributed by atoms with Gasteiger partial charge in [-0.3, -0.25) is 13.8 Å². The van der Waals surface area contributed by atoms with Gasteiger partial charge in [-0.25, -0.2) is 4.57 Å². The summed E-state index contributed by atoms with van der Waals surface area (Å²) in [6.45, 7) is 3.69. The predicted octanol–water partition coefficient (Wildman–Crippen LogP) is 7.42. The number of rotatable bonds is 38. The molecular weight excluding hydrogens is 765 g/mol. The number of aliphatic hydroxyl groups excluding tert-OH is 7. The lowest BCUT2D eigenvalue weighted by molar-refractivity contribution is -0.220. The molecule has 9 N–H and O–H groups in total. The van der Waals surface area contributed by atoms with Crippen LogP contribution in [-0.4, -0.2) is 108 Å². The van der Waals surface area contributed by atoms with E-state index in [0.29, 0.717) is 12.8 Å². The summed E-state index contributed by atoms with van der Waals surface area (Å²) >= 11 is 0. The first kappa shape index (κ1) is 55.1. The van der Waals surface area contributed by atoms with Crippen LogP contribution in [0.4, 0.5) is 0 Å². The van der Waals surface area contributed by atoms with Crippen LogP contribution in [0.2, 0.25) is 0 Å². The van der Waals surface area contributed by atoms with Gasteiger partial charge in [0.05, 0.1) is 31.3 Å². The van der Waals surface area contributed by atoms with Crippen LogP contribution in [0.15, 0.2) is 12.2 Å². The lowest BCUT2D eigenvalue weighted by atomic mass is 9.85. The number of aliphatic hydroxyl groups is 7. The summed E-state index contributed by atoms with van der Waals surface area (Å²) in [5, 5.41) is 74.2. The molecule has 1 rings (SSSR count). The molecule has 1 aliphatic rings. The first-order chi connectivity index (χ1) is 27.8. The smallest absolute Gasteiger partial charge is 0.393 e. The third-order valence-electron chi connectivity index (χ3n) is 11.4. The quantitative estimate of drug-likeness (QED) is 0.0168. The minimum atomic E-state index is -5.13. The Labute approximate surface area is 351 Å². The molecule has 8 atom stereocenters. The monoisotopic (exact) mass is 852 g/mol. The fourth-order valence-corrected chi connectivity index (χ4v) is 8.50. The fourth-order valence-electron chi connectivity index (χ4n) is 7.54. The van der Waals surface area contributed by atoms with Crippen molar-refractivity contribution < 1.29 is 59.0 Å². The van der Waals surface area contributed by atoms with Crippen molar-refractivity contribution in [2.45, 2.75) is 255 Å². The number of hydrogen-bond donors (Lipinski definition) is 9. The van der Waals surface area contributed by atoms with Gasteiger partial charge in [0.15, 0.2) is 0 Å². The van der Waals surface area contributed by atoms with Crippen molar-refractivity contribution in [3.05, 3.63) is 12.2 Å². The van der Waals surface area contributed by atoms with Gasteiger partial charge < -0.3 is 46.0 Å². The van der Waals surface area contributed by atoms with Crippen LogP contribution in [-0.2, 0) is 18.4 Å². The fraction of sp³-hybridized carbons (Fsp3) is 0.932. The predicted molar refractivity (Wildman–Crippen MR) is 229 cm³/mol. The minimum absolute atomic E-state index is 0.242. The SMILES string of the molecule is CCCCCCCCCCCCCCCCCCCCC/C=C/C(O)C(COP(=O)(O)OC1C(O)C(O)C(O)C(O)C1O)NC(=O)CC(O)CCCCCCCCC. The molecule has 1 amide bonds. The average Bonchev–Trinajstić information content (AvgIpc) is 3.19. The molecule has 0 aromatic rings. The first-order valence-electron chi connectivity index (χ1n) is 23.2. The maximum atomic E-state index is 12.9. The van der Waals surface area contributed by atoms with E-state index < -0.39 is 75.2 Å². The van der Waals surface area contributed by atoms with E-state index in [1.165, 1.54) is 128 Å². The number of amides is 1. The molecular formula is C44H86NO12P. The van der Waals surface area contributed by atoms with Crippen molar-refractivity contribution >= 4 is 13.7 Å². The molecule has 0 saturated heterocycles. The van der Waals surface area contributed by atoms with Gasteiger partial charge in [-0.15, -0.1) is 0 Å². The second kappa shape index (κ2) is 34.6. The zero-order valence-corrected chi connectivity index (χ0v) is 37.1. The second-order valence-electron chi connectivity index (χ2n) is 16.8. The Bertz CT molecular complexity index is 1050. The van der Waals surface area contributed by atoms with E-state index in [0.717, 1.165) is 44.9 Å². The average molecular weight is 852 g/mol. The molecule has 0 aliphatic heterocycles. The van der Waals surface area contributed by atoms with Crippen molar-refractivity contribution in [3.63, 3.8) is 0 Å². The highest BCUT2D eigenvalue weighted by atomic mass is 31.2. The van der Waals surface area contributed by atoms with Crippen molar-refractivity contribution in [1.82, 2.24) is 5.32 Å². The molecule has 13 nitrogen and oxygen atoms in total. The van der Waals surface area contributed by atoms with Gasteiger partial charge >= 0.3 is 7.82 Å². The van der Waals surface area contributed by atoms with Gasteiger partial charge in [0.1, 0.15) is 36.6 Å². The summed E-state index contributed by atoms with van der Waals surface area (Å²) in [5.41, 5.74) is 0. The van der Waals surface area contributed by atoms with Crippen LogP contribution >= 0.6 is 7.82 Å². The molecule has 0 spiro atoms. The van der Waals surface area contributed by atoms with E-state index in [1.54, 1.807) is 6.08 Å². The van der Waals surface area contributed by atoms with E-state index in [-0.39, 0.29) is 6.42 Å². The van der Waals surface area contributed by atoms with Gasteiger partial charge in [-0.1, -0.05) is 187 Å². The molecule has 1 aliphatic carbocycles. The third-order valence-corrected chi connectivity index (χ3v) is 12.4. The summed E-state index contributed by atoms with van der Waals surface area (Å²) in [5.74, 6) is -0.595. The maximum Gasteiger partial charge on any atom is 0.472 e. The minimum Gasteiger partial charge on any atom is -0.393 e. The molecule has 58 heavy (non-hydrogen) atoms. The van der Waals surface area contributed by atoms with Crippen LogP contribution < -0.4 is 5.32 Å². The molecule has 0 radical (unpaired) electrons. The van der Waals surface area contributed by atoms with E-state index in [2.05, 4.69) is 19.2 Å². The Morgan fingerprint density at radius 1 is 0.603 bits per heavy atom. The van der Waals surface area contributed by atoms with Gasteiger partial charge in [0.2, 0.25) is 5.91 Å². The Balaban J connectivity index is 2.48. The number of nitrogens with one attached hydrogen (secondary N) is 1. The van der Waals surface area contributed by atoms with Crippen LogP contribution in [0.5, 0.6) is 0 Å². The van der Waals surface area contributed by atoms with Crippen molar-refractivity contribution in [1.29, 1.82) is 0 Å². The summed E-state index contributed by atoms with van der Waals surface area (Å²) in [6.07, 6.45) is 21.9. The van der Waals surface area contributed by atoms with Crippen molar-refractivity contribution in [2.75, 3.05) is 6.61 Å². The topological polar surface area (TPSA) is 226 Å². The molecule has 0 aromatic heterocycles. The highest BCUT2D eigenvalue weighted by Crippen LogP contribution is 2.47. The highest BCUT2D eigenvalue weighted by Gasteiger charge is 2.51. The number of carbonyl (C=O) groups is 1. The maximum absolute atomic E-state index is 12.9. The molecule has 0 aromatic carbocycles. The molecule has 344 valence electrons.